The van der Waals surface area contributed by atoms with E-state index in [9.17, 15) is 9.59 Å². The van der Waals surface area contributed by atoms with Crippen LogP contribution < -0.4 is 10.6 Å². The van der Waals surface area contributed by atoms with Gasteiger partial charge in [-0.25, -0.2) is 9.59 Å². The lowest BCUT2D eigenvalue weighted by atomic mass is 9.86. The molecule has 19 heavy (non-hydrogen) atoms. The van der Waals surface area contributed by atoms with Gasteiger partial charge < -0.3 is 15.7 Å². The van der Waals surface area contributed by atoms with Crippen molar-refractivity contribution in [3.05, 3.63) is 0 Å². The summed E-state index contributed by atoms with van der Waals surface area (Å²) < 4.78 is 0. The van der Waals surface area contributed by atoms with Crippen LogP contribution in [0.3, 0.4) is 0 Å². The highest BCUT2D eigenvalue weighted by Gasteiger charge is 2.25. The molecule has 1 rings (SSSR count). The van der Waals surface area contributed by atoms with Gasteiger partial charge in [0, 0.05) is 6.04 Å². The van der Waals surface area contributed by atoms with Crippen LogP contribution in [0, 0.1) is 5.92 Å². The first-order valence-electron chi connectivity index (χ1n) is 7.34. The van der Waals surface area contributed by atoms with Crippen LogP contribution in [0.5, 0.6) is 0 Å². The molecule has 0 spiro atoms. The SMILES string of the molecule is CCCCC(NC(=O)NC1CCCCC1C)C(=O)O. The molecule has 3 N–H and O–H groups in total. The average Bonchev–Trinajstić information content (AvgIpc) is 2.37. The van der Waals surface area contributed by atoms with Gasteiger partial charge in [0.25, 0.3) is 0 Å². The van der Waals surface area contributed by atoms with Crippen molar-refractivity contribution >= 4 is 12.0 Å². The van der Waals surface area contributed by atoms with Crippen LogP contribution in [0.15, 0.2) is 0 Å². The fourth-order valence-corrected chi connectivity index (χ4v) is 2.56. The maximum Gasteiger partial charge on any atom is 0.326 e. The maximum absolute atomic E-state index is 11.8. The van der Waals surface area contributed by atoms with Crippen molar-refractivity contribution in [1.29, 1.82) is 0 Å². The van der Waals surface area contributed by atoms with Crippen molar-refractivity contribution < 1.29 is 14.7 Å². The van der Waals surface area contributed by atoms with Crippen molar-refractivity contribution in [2.45, 2.75) is 70.9 Å². The van der Waals surface area contributed by atoms with Crippen LogP contribution >= 0.6 is 0 Å². The second-order valence-corrected chi connectivity index (χ2v) is 5.52. The molecule has 110 valence electrons. The van der Waals surface area contributed by atoms with Crippen LogP contribution in [0.1, 0.15) is 58.8 Å². The second kappa shape index (κ2) is 8.02. The van der Waals surface area contributed by atoms with Crippen molar-refractivity contribution in [3.8, 4) is 0 Å². The summed E-state index contributed by atoms with van der Waals surface area (Å²) >= 11 is 0. The third kappa shape index (κ3) is 5.49. The van der Waals surface area contributed by atoms with E-state index in [1.54, 1.807) is 0 Å². The zero-order valence-electron chi connectivity index (χ0n) is 11.9. The summed E-state index contributed by atoms with van der Waals surface area (Å²) in [5, 5.41) is 14.6. The number of nitrogens with one attached hydrogen (secondary N) is 2. The third-order valence-corrected chi connectivity index (χ3v) is 3.88. The lowest BCUT2D eigenvalue weighted by Gasteiger charge is -2.30. The first-order valence-corrected chi connectivity index (χ1v) is 7.34. The fraction of sp³-hybridized carbons (Fsp3) is 0.857. The number of aliphatic carboxylic acids is 1. The van der Waals surface area contributed by atoms with Crippen molar-refractivity contribution in [2.24, 2.45) is 5.92 Å². The summed E-state index contributed by atoms with van der Waals surface area (Å²) in [6.45, 7) is 4.14. The molecule has 0 radical (unpaired) electrons. The lowest BCUT2D eigenvalue weighted by molar-refractivity contribution is -0.139. The zero-order valence-corrected chi connectivity index (χ0v) is 11.9. The van der Waals surface area contributed by atoms with E-state index in [0.29, 0.717) is 12.3 Å². The van der Waals surface area contributed by atoms with E-state index in [-0.39, 0.29) is 12.1 Å². The molecule has 3 unspecified atom stereocenters. The molecule has 2 amide bonds. The summed E-state index contributed by atoms with van der Waals surface area (Å²) in [6.07, 6.45) is 6.68. The number of rotatable bonds is 6. The molecule has 1 fully saturated rings. The van der Waals surface area contributed by atoms with E-state index < -0.39 is 12.0 Å². The molecule has 0 bridgehead atoms. The van der Waals surface area contributed by atoms with E-state index in [0.717, 1.165) is 32.1 Å². The minimum atomic E-state index is -0.958. The Balaban J connectivity index is 2.40. The standard InChI is InChI=1S/C14H26N2O3/c1-3-4-8-12(13(17)18)16-14(19)15-11-9-6-5-7-10(11)2/h10-12H,3-9H2,1-2H3,(H,17,18)(H2,15,16,19). The Bertz CT molecular complexity index is 307. The van der Waals surface area contributed by atoms with Crippen LogP contribution in [-0.4, -0.2) is 29.2 Å². The number of carboxylic acids is 1. The Hall–Kier alpha value is -1.26. The van der Waals surface area contributed by atoms with Crippen molar-refractivity contribution in [2.75, 3.05) is 0 Å². The normalized spacial score (nSPS) is 24.5. The summed E-state index contributed by atoms with van der Waals surface area (Å²) in [5.74, 6) is -0.487. The third-order valence-electron chi connectivity index (χ3n) is 3.88. The smallest absolute Gasteiger partial charge is 0.326 e. The number of carboxylic acid groups (broad SMARTS) is 1. The summed E-state index contributed by atoms with van der Waals surface area (Å²) in [4.78, 5) is 22.9. The molecule has 0 saturated heterocycles. The average molecular weight is 270 g/mol. The van der Waals surface area contributed by atoms with E-state index in [4.69, 9.17) is 5.11 Å². The van der Waals surface area contributed by atoms with Crippen LogP contribution in [-0.2, 0) is 4.79 Å². The minimum Gasteiger partial charge on any atom is -0.480 e. The van der Waals surface area contributed by atoms with E-state index in [1.807, 2.05) is 6.92 Å². The van der Waals surface area contributed by atoms with Crippen LogP contribution in [0.4, 0.5) is 4.79 Å². The van der Waals surface area contributed by atoms with Gasteiger partial charge >= 0.3 is 12.0 Å². The van der Waals surface area contributed by atoms with Gasteiger partial charge in [0.1, 0.15) is 6.04 Å². The molecule has 3 atom stereocenters. The van der Waals surface area contributed by atoms with Gasteiger partial charge in [0.2, 0.25) is 0 Å². The van der Waals surface area contributed by atoms with Crippen molar-refractivity contribution in [1.82, 2.24) is 10.6 Å². The number of hydrogen-bond donors (Lipinski definition) is 3. The summed E-state index contributed by atoms with van der Waals surface area (Å²) in [7, 11) is 0. The largest absolute Gasteiger partial charge is 0.480 e. The zero-order chi connectivity index (χ0) is 14.3. The Morgan fingerprint density at radius 2 is 2.00 bits per heavy atom. The molecule has 1 saturated carbocycles. The Kier molecular flexibility index (Phi) is 6.67. The number of unbranched alkanes of at least 4 members (excludes halogenated alkanes) is 1. The summed E-state index contributed by atoms with van der Waals surface area (Å²) in [5.41, 5.74) is 0. The van der Waals surface area contributed by atoms with E-state index in [2.05, 4.69) is 17.6 Å². The van der Waals surface area contributed by atoms with Crippen LogP contribution in [0.25, 0.3) is 0 Å². The number of hydrogen-bond acceptors (Lipinski definition) is 2. The highest BCUT2D eigenvalue weighted by Crippen LogP contribution is 2.23. The molecule has 5 heteroatoms. The molecule has 5 nitrogen and oxygen atoms in total. The quantitative estimate of drug-likeness (QED) is 0.694. The molecular weight excluding hydrogens is 244 g/mol. The predicted molar refractivity (Wildman–Crippen MR) is 74.0 cm³/mol. The molecule has 0 aliphatic heterocycles. The van der Waals surface area contributed by atoms with Crippen molar-refractivity contribution in [3.63, 3.8) is 0 Å². The highest BCUT2D eigenvalue weighted by molar-refractivity contribution is 5.82. The second-order valence-electron chi connectivity index (χ2n) is 5.52. The van der Waals surface area contributed by atoms with Crippen LogP contribution in [0.2, 0.25) is 0 Å². The first-order chi connectivity index (χ1) is 9.04. The van der Waals surface area contributed by atoms with Gasteiger partial charge in [-0.15, -0.1) is 0 Å². The molecule has 1 aliphatic rings. The van der Waals surface area contributed by atoms with E-state index >= 15 is 0 Å². The van der Waals surface area contributed by atoms with Gasteiger partial charge in [-0.05, 0) is 25.2 Å². The Labute approximate surface area is 115 Å². The maximum atomic E-state index is 11.8. The number of urea groups is 1. The van der Waals surface area contributed by atoms with Gasteiger partial charge in [-0.2, -0.15) is 0 Å². The highest BCUT2D eigenvalue weighted by atomic mass is 16.4. The van der Waals surface area contributed by atoms with E-state index in [1.165, 1.54) is 6.42 Å². The molecule has 0 aromatic carbocycles. The van der Waals surface area contributed by atoms with Gasteiger partial charge in [-0.3, -0.25) is 0 Å². The first kappa shape index (κ1) is 15.8. The van der Waals surface area contributed by atoms with Gasteiger partial charge in [0.15, 0.2) is 0 Å². The Morgan fingerprint density at radius 3 is 2.58 bits per heavy atom. The molecule has 0 aromatic rings. The predicted octanol–water partition coefficient (Wildman–Crippen LogP) is 2.51. The lowest BCUT2D eigenvalue weighted by Crippen LogP contribution is -2.51. The number of amides is 2. The molecule has 0 aromatic heterocycles. The van der Waals surface area contributed by atoms with Gasteiger partial charge in [0.05, 0.1) is 0 Å². The number of carbonyl (C=O) groups excluding carboxylic acids is 1. The molecule has 0 heterocycles. The van der Waals surface area contributed by atoms with Gasteiger partial charge in [-0.1, -0.05) is 39.5 Å². The summed E-state index contributed by atoms with van der Waals surface area (Å²) in [6, 6.07) is -0.949. The minimum absolute atomic E-state index is 0.175. The number of carbonyl (C=O) groups is 2. The molecular formula is C14H26N2O3. The molecule has 1 aliphatic carbocycles. The topological polar surface area (TPSA) is 78.4 Å². The monoisotopic (exact) mass is 270 g/mol. The Morgan fingerprint density at radius 1 is 1.32 bits per heavy atom. The fourth-order valence-electron chi connectivity index (χ4n) is 2.56.